The molecule has 20 heavy (non-hydrogen) atoms. The van der Waals surface area contributed by atoms with Gasteiger partial charge in [-0.3, -0.25) is 10.1 Å². The fourth-order valence-corrected chi connectivity index (χ4v) is 1.65. The minimum absolute atomic E-state index is 0.0257. The van der Waals surface area contributed by atoms with Crippen LogP contribution < -0.4 is 10.1 Å². The summed E-state index contributed by atoms with van der Waals surface area (Å²) in [5.74, 6) is 0.288. The Morgan fingerprint density at radius 3 is 2.75 bits per heavy atom. The summed E-state index contributed by atoms with van der Waals surface area (Å²) in [4.78, 5) is 10.5. The van der Waals surface area contributed by atoms with Crippen LogP contribution in [0.4, 0.5) is 5.69 Å². The molecule has 0 saturated heterocycles. The summed E-state index contributed by atoms with van der Waals surface area (Å²) in [7, 11) is 0. The Morgan fingerprint density at radius 2 is 2.15 bits per heavy atom. The number of ether oxygens (including phenoxy) is 1. The molecule has 0 aliphatic carbocycles. The van der Waals surface area contributed by atoms with E-state index in [1.165, 1.54) is 6.07 Å². The third-order valence-corrected chi connectivity index (χ3v) is 2.75. The van der Waals surface area contributed by atoms with E-state index in [4.69, 9.17) is 9.84 Å². The second kappa shape index (κ2) is 8.50. The number of rotatable bonds is 9. The van der Waals surface area contributed by atoms with E-state index in [2.05, 4.69) is 5.32 Å². The van der Waals surface area contributed by atoms with Crippen molar-refractivity contribution >= 4 is 5.69 Å². The summed E-state index contributed by atoms with van der Waals surface area (Å²) in [5, 5.41) is 22.9. The molecule has 0 atom stereocenters. The molecule has 0 spiro atoms. The highest BCUT2D eigenvalue weighted by Crippen LogP contribution is 2.28. The van der Waals surface area contributed by atoms with E-state index in [9.17, 15) is 10.1 Å². The molecule has 0 heterocycles. The van der Waals surface area contributed by atoms with Crippen molar-refractivity contribution in [2.24, 2.45) is 0 Å². The summed E-state index contributed by atoms with van der Waals surface area (Å²) >= 11 is 0. The fourth-order valence-electron chi connectivity index (χ4n) is 1.65. The van der Waals surface area contributed by atoms with Gasteiger partial charge in [0.05, 0.1) is 11.5 Å². The normalized spacial score (nSPS) is 10.8. The number of nitrogens with one attached hydrogen (secondary N) is 1. The lowest BCUT2D eigenvalue weighted by molar-refractivity contribution is -0.385. The number of aliphatic hydroxyl groups is 1. The molecule has 0 aromatic heterocycles. The molecule has 0 aliphatic heterocycles. The number of nitro groups is 1. The Balaban J connectivity index is 2.74. The average Bonchev–Trinajstić information content (AvgIpc) is 2.41. The number of nitrogens with zero attached hydrogens (tertiary/aromatic N) is 1. The highest BCUT2D eigenvalue weighted by molar-refractivity contribution is 5.48. The van der Waals surface area contributed by atoms with Gasteiger partial charge in [0.15, 0.2) is 5.75 Å². The third-order valence-electron chi connectivity index (χ3n) is 2.75. The van der Waals surface area contributed by atoms with Crippen LogP contribution in [-0.4, -0.2) is 29.3 Å². The van der Waals surface area contributed by atoms with Gasteiger partial charge in [0, 0.05) is 25.3 Å². The maximum absolute atomic E-state index is 11.0. The largest absolute Gasteiger partial charge is 0.487 e. The van der Waals surface area contributed by atoms with Crippen molar-refractivity contribution in [2.75, 3.05) is 13.2 Å². The monoisotopic (exact) mass is 282 g/mol. The molecule has 6 nitrogen and oxygen atoms in total. The van der Waals surface area contributed by atoms with E-state index in [0.717, 1.165) is 5.56 Å². The van der Waals surface area contributed by atoms with Gasteiger partial charge >= 0.3 is 5.69 Å². The molecule has 0 saturated carbocycles. The SMILES string of the molecule is CC(C)NCc1ccc([N+](=O)[O-])c(OCCCCO)c1. The zero-order valence-corrected chi connectivity index (χ0v) is 12.0. The predicted octanol–water partition coefficient (Wildman–Crippen LogP) is 2.24. The molecular weight excluding hydrogens is 260 g/mol. The minimum atomic E-state index is -0.443. The summed E-state index contributed by atoms with van der Waals surface area (Å²) < 4.78 is 5.47. The lowest BCUT2D eigenvalue weighted by atomic mass is 10.2. The summed E-state index contributed by atoms with van der Waals surface area (Å²) in [6.45, 7) is 5.18. The van der Waals surface area contributed by atoms with Crippen molar-refractivity contribution in [3.05, 3.63) is 33.9 Å². The molecular formula is C14H22N2O4. The molecule has 0 aliphatic rings. The standard InChI is InChI=1S/C14H22N2O4/c1-11(2)15-10-12-5-6-13(16(18)19)14(9-12)20-8-4-3-7-17/h5-6,9,11,15,17H,3-4,7-8,10H2,1-2H3. The van der Waals surface area contributed by atoms with Crippen molar-refractivity contribution in [1.82, 2.24) is 5.32 Å². The van der Waals surface area contributed by atoms with Crippen LogP contribution in [0.1, 0.15) is 32.3 Å². The molecule has 1 aromatic rings. The van der Waals surface area contributed by atoms with Crippen molar-refractivity contribution in [1.29, 1.82) is 0 Å². The lowest BCUT2D eigenvalue weighted by Crippen LogP contribution is -2.21. The molecule has 0 fully saturated rings. The van der Waals surface area contributed by atoms with Crippen LogP contribution in [-0.2, 0) is 6.54 Å². The Hall–Kier alpha value is -1.66. The maximum Gasteiger partial charge on any atom is 0.310 e. The quantitative estimate of drug-likeness (QED) is 0.412. The van der Waals surface area contributed by atoms with E-state index in [0.29, 0.717) is 32.0 Å². The van der Waals surface area contributed by atoms with Gasteiger partial charge in [-0.1, -0.05) is 19.9 Å². The van der Waals surface area contributed by atoms with Crippen molar-refractivity contribution in [2.45, 2.75) is 39.3 Å². The molecule has 112 valence electrons. The number of hydrogen-bond donors (Lipinski definition) is 2. The first-order chi connectivity index (χ1) is 9.54. The molecule has 0 unspecified atom stereocenters. The summed E-state index contributed by atoms with van der Waals surface area (Å²) in [5.41, 5.74) is 0.920. The van der Waals surface area contributed by atoms with Crippen molar-refractivity contribution in [3.63, 3.8) is 0 Å². The molecule has 1 aromatic carbocycles. The third kappa shape index (κ3) is 5.54. The Morgan fingerprint density at radius 1 is 1.40 bits per heavy atom. The van der Waals surface area contributed by atoms with Gasteiger partial charge in [0.2, 0.25) is 0 Å². The lowest BCUT2D eigenvalue weighted by Gasteiger charge is -2.11. The number of unbranched alkanes of at least 4 members (excludes halogenated alkanes) is 1. The molecule has 0 bridgehead atoms. The Labute approximate surface area is 118 Å². The van der Waals surface area contributed by atoms with E-state index in [1.54, 1.807) is 12.1 Å². The average molecular weight is 282 g/mol. The molecule has 1 rings (SSSR count). The van der Waals surface area contributed by atoms with Crippen LogP contribution in [0.5, 0.6) is 5.75 Å². The van der Waals surface area contributed by atoms with E-state index < -0.39 is 4.92 Å². The van der Waals surface area contributed by atoms with Gasteiger partial charge in [0.25, 0.3) is 0 Å². The summed E-state index contributed by atoms with van der Waals surface area (Å²) in [6.07, 6.45) is 1.30. The topological polar surface area (TPSA) is 84.6 Å². The van der Waals surface area contributed by atoms with Gasteiger partial charge < -0.3 is 15.2 Å². The van der Waals surface area contributed by atoms with Crippen LogP contribution in [0.25, 0.3) is 0 Å². The Kier molecular flexibility index (Phi) is 6.97. The first-order valence-corrected chi connectivity index (χ1v) is 6.79. The molecule has 2 N–H and O–H groups in total. The van der Waals surface area contributed by atoms with Crippen LogP contribution in [0.3, 0.4) is 0 Å². The fraction of sp³-hybridized carbons (Fsp3) is 0.571. The van der Waals surface area contributed by atoms with E-state index in [1.807, 2.05) is 13.8 Å². The zero-order chi connectivity index (χ0) is 15.0. The second-order valence-electron chi connectivity index (χ2n) is 4.87. The highest BCUT2D eigenvalue weighted by atomic mass is 16.6. The first kappa shape index (κ1) is 16.4. The number of hydrogen-bond acceptors (Lipinski definition) is 5. The van der Waals surface area contributed by atoms with Gasteiger partial charge in [-0.2, -0.15) is 0 Å². The van der Waals surface area contributed by atoms with E-state index >= 15 is 0 Å². The number of nitro benzene ring substituents is 1. The molecule has 0 radical (unpaired) electrons. The second-order valence-corrected chi connectivity index (χ2v) is 4.87. The number of benzene rings is 1. The zero-order valence-electron chi connectivity index (χ0n) is 12.0. The minimum Gasteiger partial charge on any atom is -0.487 e. The van der Waals surface area contributed by atoms with Gasteiger partial charge in [-0.15, -0.1) is 0 Å². The van der Waals surface area contributed by atoms with Gasteiger partial charge in [-0.05, 0) is 24.5 Å². The van der Waals surface area contributed by atoms with Crippen LogP contribution in [0, 0.1) is 10.1 Å². The predicted molar refractivity (Wildman–Crippen MR) is 76.9 cm³/mol. The summed E-state index contributed by atoms with van der Waals surface area (Å²) in [6, 6.07) is 5.25. The highest BCUT2D eigenvalue weighted by Gasteiger charge is 2.15. The molecule has 6 heteroatoms. The van der Waals surface area contributed by atoms with Crippen molar-refractivity contribution in [3.8, 4) is 5.75 Å². The van der Waals surface area contributed by atoms with E-state index in [-0.39, 0.29) is 18.0 Å². The van der Waals surface area contributed by atoms with Gasteiger partial charge in [0.1, 0.15) is 0 Å². The van der Waals surface area contributed by atoms with Crippen LogP contribution >= 0.6 is 0 Å². The van der Waals surface area contributed by atoms with Crippen molar-refractivity contribution < 1.29 is 14.8 Å². The first-order valence-electron chi connectivity index (χ1n) is 6.79. The smallest absolute Gasteiger partial charge is 0.310 e. The van der Waals surface area contributed by atoms with Gasteiger partial charge in [-0.25, -0.2) is 0 Å². The number of aliphatic hydroxyl groups excluding tert-OH is 1. The Bertz CT molecular complexity index is 435. The van der Waals surface area contributed by atoms with Crippen LogP contribution in [0.2, 0.25) is 0 Å². The maximum atomic E-state index is 11.0. The van der Waals surface area contributed by atoms with Crippen LogP contribution in [0.15, 0.2) is 18.2 Å². The molecule has 0 amide bonds.